The Bertz CT molecular complexity index is 1240. The minimum Gasteiger partial charge on any atom is -0.492 e. The Balaban J connectivity index is 1.28. The van der Waals surface area contributed by atoms with E-state index in [0.29, 0.717) is 19.6 Å². The second kappa shape index (κ2) is 8.44. The van der Waals surface area contributed by atoms with E-state index in [-0.39, 0.29) is 11.9 Å². The molecular weight excluding hydrogens is 408 g/mol. The Labute approximate surface area is 185 Å². The van der Waals surface area contributed by atoms with Gasteiger partial charge in [-0.2, -0.15) is 0 Å². The van der Waals surface area contributed by atoms with E-state index in [1.54, 1.807) is 11.3 Å². The fraction of sp³-hybridized carbons (Fsp3) is 0.192. The minimum atomic E-state index is -0.222. The van der Waals surface area contributed by atoms with Gasteiger partial charge in [0, 0.05) is 22.2 Å². The standard InChI is InChI=1S/C26H22O4S/c1-28-26(27)13-21-16-30-24-14-22(6-7-23(21)24)29-15-17-3-2-4-18(11-17)19-5-8-25-20(12-19)9-10-31-25/h2-12,14,21H,13,15-16H2,1H3. The molecule has 1 aliphatic rings. The fourth-order valence-corrected chi connectivity index (χ4v) is 4.72. The lowest BCUT2D eigenvalue weighted by Crippen LogP contribution is -2.09. The van der Waals surface area contributed by atoms with Gasteiger partial charge in [0.2, 0.25) is 0 Å². The van der Waals surface area contributed by atoms with E-state index in [2.05, 4.69) is 53.9 Å². The fourth-order valence-electron chi connectivity index (χ4n) is 3.95. The van der Waals surface area contributed by atoms with Crippen LogP contribution in [0.25, 0.3) is 21.2 Å². The number of benzene rings is 3. The van der Waals surface area contributed by atoms with Gasteiger partial charge in [0.05, 0.1) is 20.1 Å². The number of fused-ring (bicyclic) bond motifs is 2. The van der Waals surface area contributed by atoms with Gasteiger partial charge in [-0.05, 0) is 57.8 Å². The van der Waals surface area contributed by atoms with Crippen LogP contribution in [0.4, 0.5) is 0 Å². The van der Waals surface area contributed by atoms with Gasteiger partial charge in [-0.3, -0.25) is 4.79 Å². The summed E-state index contributed by atoms with van der Waals surface area (Å²) in [4.78, 5) is 11.6. The van der Waals surface area contributed by atoms with Crippen LogP contribution in [-0.4, -0.2) is 19.7 Å². The normalized spacial score (nSPS) is 14.8. The Morgan fingerprint density at radius 3 is 2.87 bits per heavy atom. The zero-order valence-corrected chi connectivity index (χ0v) is 18.0. The molecule has 1 unspecified atom stereocenters. The summed E-state index contributed by atoms with van der Waals surface area (Å²) in [6, 6.07) is 23.0. The second-order valence-electron chi connectivity index (χ2n) is 7.65. The van der Waals surface area contributed by atoms with Crippen LogP contribution in [0.15, 0.2) is 72.1 Å². The third-order valence-corrected chi connectivity index (χ3v) is 6.52. The molecule has 0 fully saturated rings. The molecule has 0 saturated carbocycles. The van der Waals surface area contributed by atoms with Crippen LogP contribution in [-0.2, 0) is 16.1 Å². The summed E-state index contributed by atoms with van der Waals surface area (Å²) in [6.07, 6.45) is 0.327. The first-order valence-electron chi connectivity index (χ1n) is 10.2. The Morgan fingerprint density at radius 2 is 1.97 bits per heavy atom. The van der Waals surface area contributed by atoms with E-state index in [1.807, 2.05) is 18.2 Å². The molecule has 0 bridgehead atoms. The average molecular weight is 431 g/mol. The number of esters is 1. The number of hydrogen-bond acceptors (Lipinski definition) is 5. The van der Waals surface area contributed by atoms with Gasteiger partial charge in [-0.15, -0.1) is 11.3 Å². The van der Waals surface area contributed by atoms with Crippen molar-refractivity contribution < 1.29 is 19.0 Å². The SMILES string of the molecule is COC(=O)CC1COc2cc(OCc3cccc(-c4ccc5sccc5c4)c3)ccc21. The number of methoxy groups -OCH3 is 1. The summed E-state index contributed by atoms with van der Waals surface area (Å²) < 4.78 is 17.9. The molecule has 4 nitrogen and oxygen atoms in total. The molecule has 4 aromatic rings. The van der Waals surface area contributed by atoms with Gasteiger partial charge in [0.1, 0.15) is 18.1 Å². The van der Waals surface area contributed by atoms with Crippen molar-refractivity contribution in [2.45, 2.75) is 18.9 Å². The van der Waals surface area contributed by atoms with Crippen LogP contribution in [0.5, 0.6) is 11.5 Å². The average Bonchev–Trinajstić information content (AvgIpc) is 3.44. The Kier molecular flexibility index (Phi) is 5.35. The maximum absolute atomic E-state index is 11.6. The van der Waals surface area contributed by atoms with Crippen LogP contribution >= 0.6 is 11.3 Å². The Hall–Kier alpha value is -3.31. The van der Waals surface area contributed by atoms with E-state index < -0.39 is 0 Å². The van der Waals surface area contributed by atoms with Crippen molar-refractivity contribution in [3.8, 4) is 22.6 Å². The highest BCUT2D eigenvalue weighted by Crippen LogP contribution is 2.38. The molecule has 3 aromatic carbocycles. The number of hydrogen-bond donors (Lipinski definition) is 0. The number of thiophene rings is 1. The lowest BCUT2D eigenvalue weighted by Gasteiger charge is -2.10. The van der Waals surface area contributed by atoms with Gasteiger partial charge >= 0.3 is 5.97 Å². The molecule has 0 amide bonds. The molecule has 0 aliphatic carbocycles. The highest BCUT2D eigenvalue weighted by atomic mass is 32.1. The maximum atomic E-state index is 11.6. The highest BCUT2D eigenvalue weighted by Gasteiger charge is 2.27. The van der Waals surface area contributed by atoms with Gasteiger partial charge in [0.25, 0.3) is 0 Å². The minimum absolute atomic E-state index is 0.0359. The lowest BCUT2D eigenvalue weighted by molar-refractivity contribution is -0.141. The Morgan fingerprint density at radius 1 is 1.06 bits per heavy atom. The number of ether oxygens (including phenoxy) is 3. The van der Waals surface area contributed by atoms with Crippen molar-refractivity contribution in [2.24, 2.45) is 0 Å². The monoisotopic (exact) mass is 430 g/mol. The van der Waals surface area contributed by atoms with E-state index >= 15 is 0 Å². The first-order chi connectivity index (χ1) is 15.2. The van der Waals surface area contributed by atoms with Gasteiger partial charge in [0.15, 0.2) is 0 Å². The third kappa shape index (κ3) is 4.14. The quantitative estimate of drug-likeness (QED) is 0.342. The summed E-state index contributed by atoms with van der Waals surface area (Å²) >= 11 is 1.76. The van der Waals surface area contributed by atoms with Crippen molar-refractivity contribution in [2.75, 3.05) is 13.7 Å². The summed E-state index contributed by atoms with van der Waals surface area (Å²) in [5.41, 5.74) is 4.52. The van der Waals surface area contributed by atoms with Gasteiger partial charge < -0.3 is 14.2 Å². The van der Waals surface area contributed by atoms with Crippen LogP contribution < -0.4 is 9.47 Å². The molecule has 0 saturated heterocycles. The summed E-state index contributed by atoms with van der Waals surface area (Å²) in [5.74, 6) is 1.35. The van der Waals surface area contributed by atoms with Crippen molar-refractivity contribution in [1.82, 2.24) is 0 Å². The molecule has 1 aromatic heterocycles. The maximum Gasteiger partial charge on any atom is 0.306 e. The lowest BCUT2D eigenvalue weighted by atomic mass is 9.98. The number of carbonyl (C=O) groups is 1. The predicted molar refractivity (Wildman–Crippen MR) is 123 cm³/mol. The molecule has 0 N–H and O–H groups in total. The predicted octanol–water partition coefficient (Wildman–Crippen LogP) is 6.19. The van der Waals surface area contributed by atoms with Crippen LogP contribution in [0.2, 0.25) is 0 Å². The van der Waals surface area contributed by atoms with Crippen LogP contribution in [0, 0.1) is 0 Å². The van der Waals surface area contributed by atoms with E-state index in [9.17, 15) is 4.79 Å². The van der Waals surface area contributed by atoms with Gasteiger partial charge in [-0.25, -0.2) is 0 Å². The second-order valence-corrected chi connectivity index (χ2v) is 8.60. The van der Waals surface area contributed by atoms with Crippen molar-refractivity contribution in [1.29, 1.82) is 0 Å². The molecule has 5 rings (SSSR count). The zero-order chi connectivity index (χ0) is 21.2. The van der Waals surface area contributed by atoms with E-state index in [1.165, 1.54) is 28.3 Å². The van der Waals surface area contributed by atoms with E-state index in [4.69, 9.17) is 14.2 Å². The van der Waals surface area contributed by atoms with Gasteiger partial charge in [-0.1, -0.05) is 30.3 Å². The largest absolute Gasteiger partial charge is 0.492 e. The summed E-state index contributed by atoms with van der Waals surface area (Å²) in [6.45, 7) is 0.962. The van der Waals surface area contributed by atoms with Crippen molar-refractivity contribution >= 4 is 27.4 Å². The van der Waals surface area contributed by atoms with Crippen LogP contribution in [0.1, 0.15) is 23.5 Å². The topological polar surface area (TPSA) is 44.8 Å². The first kappa shape index (κ1) is 19.6. The van der Waals surface area contributed by atoms with E-state index in [0.717, 1.165) is 22.6 Å². The highest BCUT2D eigenvalue weighted by molar-refractivity contribution is 7.17. The number of rotatable bonds is 6. The zero-order valence-electron chi connectivity index (χ0n) is 17.2. The first-order valence-corrected chi connectivity index (χ1v) is 11.1. The number of carbonyl (C=O) groups excluding carboxylic acids is 1. The molecule has 0 radical (unpaired) electrons. The third-order valence-electron chi connectivity index (χ3n) is 5.62. The van der Waals surface area contributed by atoms with Crippen LogP contribution in [0.3, 0.4) is 0 Å². The molecular formula is C26H22O4S. The molecule has 0 spiro atoms. The van der Waals surface area contributed by atoms with Crippen molar-refractivity contribution in [3.05, 3.63) is 83.2 Å². The molecule has 2 heterocycles. The molecule has 5 heteroatoms. The molecule has 1 atom stereocenters. The molecule has 156 valence electrons. The summed E-state index contributed by atoms with van der Waals surface area (Å²) in [7, 11) is 1.41. The summed E-state index contributed by atoms with van der Waals surface area (Å²) in [5, 5.41) is 3.39. The molecule has 1 aliphatic heterocycles. The molecule has 31 heavy (non-hydrogen) atoms. The smallest absolute Gasteiger partial charge is 0.306 e. The van der Waals surface area contributed by atoms with Crippen molar-refractivity contribution in [3.63, 3.8) is 0 Å².